The highest BCUT2D eigenvalue weighted by Gasteiger charge is 2.29. The smallest absolute Gasteiger partial charge is 0.0540 e. The summed E-state index contributed by atoms with van der Waals surface area (Å²) in [5.41, 5.74) is 7.82. The molecule has 0 radical (unpaired) electrons. The van der Waals surface area contributed by atoms with Gasteiger partial charge >= 0.3 is 0 Å². The minimum absolute atomic E-state index is 0.153. The van der Waals surface area contributed by atoms with Crippen molar-refractivity contribution < 1.29 is 5.11 Å². The highest BCUT2D eigenvalue weighted by Crippen LogP contribution is 2.47. The molecule has 0 saturated heterocycles. The molecular formula is C16H16O. The summed E-state index contributed by atoms with van der Waals surface area (Å²) in [4.78, 5) is 0. The molecule has 0 unspecified atom stereocenters. The first-order valence-electron chi connectivity index (χ1n) is 6.04. The molecule has 17 heavy (non-hydrogen) atoms. The fraction of sp³-hybridized carbons (Fsp3) is 0.250. The fourth-order valence-corrected chi connectivity index (χ4v) is 3.01. The van der Waals surface area contributed by atoms with E-state index in [1.54, 1.807) is 0 Å². The van der Waals surface area contributed by atoms with Crippen LogP contribution in [-0.2, 0) is 0 Å². The van der Waals surface area contributed by atoms with Crippen LogP contribution < -0.4 is 0 Å². The van der Waals surface area contributed by atoms with Crippen molar-refractivity contribution in [3.63, 3.8) is 0 Å². The van der Waals surface area contributed by atoms with Crippen LogP contribution in [0, 0.1) is 13.8 Å². The van der Waals surface area contributed by atoms with E-state index in [1.807, 2.05) is 0 Å². The van der Waals surface area contributed by atoms with Gasteiger partial charge in [0.2, 0.25) is 0 Å². The average molecular weight is 224 g/mol. The van der Waals surface area contributed by atoms with Crippen LogP contribution in [0.5, 0.6) is 0 Å². The standard InChI is InChI=1S/C16H16O/c1-10-5-3-7-12-14(9-17)13-8-4-6-11(2)16(13)15(10)12/h3-8,14,17H,9H2,1-2H3. The van der Waals surface area contributed by atoms with E-state index in [0.717, 1.165) is 0 Å². The molecular weight excluding hydrogens is 208 g/mol. The third-order valence-electron chi connectivity index (χ3n) is 3.79. The molecule has 1 aliphatic rings. The van der Waals surface area contributed by atoms with E-state index in [4.69, 9.17) is 0 Å². The van der Waals surface area contributed by atoms with E-state index in [9.17, 15) is 5.11 Å². The molecule has 1 heteroatoms. The molecule has 0 fully saturated rings. The lowest BCUT2D eigenvalue weighted by Gasteiger charge is -2.09. The molecule has 0 amide bonds. The summed E-state index contributed by atoms with van der Waals surface area (Å²) in [5.74, 6) is 0.153. The predicted octanol–water partition coefficient (Wildman–Crippen LogP) is 3.41. The Morgan fingerprint density at radius 1 is 0.882 bits per heavy atom. The second kappa shape index (κ2) is 3.71. The van der Waals surface area contributed by atoms with Crippen molar-refractivity contribution >= 4 is 0 Å². The number of aryl methyl sites for hydroxylation is 2. The van der Waals surface area contributed by atoms with Gasteiger partial charge in [-0.2, -0.15) is 0 Å². The summed E-state index contributed by atoms with van der Waals surface area (Å²) in [5, 5.41) is 9.64. The van der Waals surface area contributed by atoms with Gasteiger partial charge in [0.05, 0.1) is 6.61 Å². The van der Waals surface area contributed by atoms with Crippen molar-refractivity contribution in [2.24, 2.45) is 0 Å². The highest BCUT2D eigenvalue weighted by molar-refractivity contribution is 5.83. The third kappa shape index (κ3) is 1.36. The molecule has 2 aromatic rings. The lowest BCUT2D eigenvalue weighted by molar-refractivity contribution is 0.282. The van der Waals surface area contributed by atoms with Gasteiger partial charge in [-0.05, 0) is 47.2 Å². The summed E-state index contributed by atoms with van der Waals surface area (Å²) >= 11 is 0. The van der Waals surface area contributed by atoms with Crippen LogP contribution in [0.2, 0.25) is 0 Å². The number of aliphatic hydroxyl groups excluding tert-OH is 1. The van der Waals surface area contributed by atoms with Gasteiger partial charge < -0.3 is 5.11 Å². The molecule has 1 aliphatic carbocycles. The van der Waals surface area contributed by atoms with E-state index in [2.05, 4.69) is 50.2 Å². The summed E-state index contributed by atoms with van der Waals surface area (Å²) in [7, 11) is 0. The Morgan fingerprint density at radius 3 is 1.76 bits per heavy atom. The first-order chi connectivity index (χ1) is 8.24. The van der Waals surface area contributed by atoms with Gasteiger partial charge in [0.15, 0.2) is 0 Å². The molecule has 0 aliphatic heterocycles. The molecule has 0 bridgehead atoms. The van der Waals surface area contributed by atoms with Crippen molar-refractivity contribution in [1.82, 2.24) is 0 Å². The van der Waals surface area contributed by atoms with Gasteiger partial charge in [0.25, 0.3) is 0 Å². The largest absolute Gasteiger partial charge is 0.395 e. The van der Waals surface area contributed by atoms with Crippen LogP contribution in [-0.4, -0.2) is 11.7 Å². The maximum Gasteiger partial charge on any atom is 0.0540 e. The topological polar surface area (TPSA) is 20.2 Å². The van der Waals surface area contributed by atoms with Gasteiger partial charge in [-0.25, -0.2) is 0 Å². The predicted molar refractivity (Wildman–Crippen MR) is 70.3 cm³/mol. The molecule has 3 rings (SSSR count). The summed E-state index contributed by atoms with van der Waals surface area (Å²) in [6, 6.07) is 12.7. The van der Waals surface area contributed by atoms with E-state index in [-0.39, 0.29) is 12.5 Å². The molecule has 0 heterocycles. The molecule has 86 valence electrons. The van der Waals surface area contributed by atoms with E-state index < -0.39 is 0 Å². The summed E-state index contributed by atoms with van der Waals surface area (Å²) in [6.45, 7) is 4.48. The van der Waals surface area contributed by atoms with Crippen LogP contribution in [0.15, 0.2) is 36.4 Å². The Morgan fingerprint density at radius 2 is 1.35 bits per heavy atom. The van der Waals surface area contributed by atoms with Crippen LogP contribution in [0.3, 0.4) is 0 Å². The average Bonchev–Trinajstić information content (AvgIpc) is 2.65. The van der Waals surface area contributed by atoms with Crippen molar-refractivity contribution in [1.29, 1.82) is 0 Å². The lowest BCUT2D eigenvalue weighted by atomic mass is 9.97. The quantitative estimate of drug-likeness (QED) is 0.787. The lowest BCUT2D eigenvalue weighted by Crippen LogP contribution is -2.01. The summed E-state index contributed by atoms with van der Waals surface area (Å²) < 4.78 is 0. The Bertz CT molecular complexity index is 533. The molecule has 0 aromatic heterocycles. The van der Waals surface area contributed by atoms with Crippen LogP contribution in [0.4, 0.5) is 0 Å². The Balaban J connectivity index is 2.39. The summed E-state index contributed by atoms with van der Waals surface area (Å²) in [6.07, 6.45) is 0. The van der Waals surface area contributed by atoms with Crippen molar-refractivity contribution in [2.75, 3.05) is 6.61 Å². The number of rotatable bonds is 1. The zero-order chi connectivity index (χ0) is 12.0. The highest BCUT2D eigenvalue weighted by atomic mass is 16.3. The Labute approximate surface area is 102 Å². The van der Waals surface area contributed by atoms with Gasteiger partial charge in [-0.1, -0.05) is 36.4 Å². The SMILES string of the molecule is Cc1cccc2c1-c1c(C)cccc1C2CO. The molecule has 0 atom stereocenters. The van der Waals surface area contributed by atoms with Gasteiger partial charge in [-0.15, -0.1) is 0 Å². The molecule has 0 spiro atoms. The van der Waals surface area contributed by atoms with Gasteiger partial charge in [0.1, 0.15) is 0 Å². The second-order valence-corrected chi connectivity index (χ2v) is 4.81. The molecule has 1 N–H and O–H groups in total. The minimum Gasteiger partial charge on any atom is -0.395 e. The first kappa shape index (κ1) is 10.5. The number of aliphatic hydroxyl groups is 1. The molecule has 0 saturated carbocycles. The van der Waals surface area contributed by atoms with Crippen LogP contribution in [0.1, 0.15) is 28.2 Å². The van der Waals surface area contributed by atoms with Crippen LogP contribution in [0.25, 0.3) is 11.1 Å². The van der Waals surface area contributed by atoms with E-state index >= 15 is 0 Å². The number of hydrogen-bond acceptors (Lipinski definition) is 1. The van der Waals surface area contributed by atoms with Crippen molar-refractivity contribution in [2.45, 2.75) is 19.8 Å². The van der Waals surface area contributed by atoms with Crippen molar-refractivity contribution in [3.05, 3.63) is 58.7 Å². The maximum absolute atomic E-state index is 9.64. The second-order valence-electron chi connectivity index (χ2n) is 4.81. The maximum atomic E-state index is 9.64. The van der Waals surface area contributed by atoms with Gasteiger partial charge in [0, 0.05) is 5.92 Å². The third-order valence-corrected chi connectivity index (χ3v) is 3.79. The number of hydrogen-bond donors (Lipinski definition) is 1. The zero-order valence-corrected chi connectivity index (χ0v) is 10.2. The Hall–Kier alpha value is -1.60. The molecule has 1 nitrogen and oxygen atoms in total. The van der Waals surface area contributed by atoms with Crippen LogP contribution >= 0.6 is 0 Å². The number of fused-ring (bicyclic) bond motifs is 3. The Kier molecular flexibility index (Phi) is 2.30. The normalized spacial score (nSPS) is 13.6. The minimum atomic E-state index is 0.153. The monoisotopic (exact) mass is 224 g/mol. The van der Waals surface area contributed by atoms with E-state index in [0.29, 0.717) is 0 Å². The molecule has 2 aromatic carbocycles. The zero-order valence-electron chi connectivity index (χ0n) is 10.2. The van der Waals surface area contributed by atoms with Gasteiger partial charge in [-0.3, -0.25) is 0 Å². The van der Waals surface area contributed by atoms with E-state index in [1.165, 1.54) is 33.4 Å². The van der Waals surface area contributed by atoms with Crippen molar-refractivity contribution in [3.8, 4) is 11.1 Å². The number of benzene rings is 2. The first-order valence-corrected chi connectivity index (χ1v) is 6.04. The fourth-order valence-electron chi connectivity index (χ4n) is 3.01.